The minimum atomic E-state index is -0.666. The molecule has 1 N–H and O–H groups in total. The third-order valence-corrected chi connectivity index (χ3v) is 3.86. The molecule has 1 aliphatic heterocycles. The molecule has 7 nitrogen and oxygen atoms in total. The number of amides is 1. The van der Waals surface area contributed by atoms with E-state index in [0.717, 1.165) is 5.56 Å². The van der Waals surface area contributed by atoms with Crippen LogP contribution in [0.2, 0.25) is 0 Å². The van der Waals surface area contributed by atoms with Crippen LogP contribution in [-0.2, 0) is 11.8 Å². The lowest BCUT2D eigenvalue weighted by Gasteiger charge is -2.33. The van der Waals surface area contributed by atoms with Crippen molar-refractivity contribution in [1.29, 1.82) is 0 Å². The van der Waals surface area contributed by atoms with Crippen LogP contribution < -0.4 is 11.2 Å². The molecule has 2 heterocycles. The van der Waals surface area contributed by atoms with E-state index in [9.17, 15) is 14.4 Å². The lowest BCUT2D eigenvalue weighted by molar-refractivity contribution is -0.0229. The molecule has 0 bridgehead atoms. The molecule has 1 saturated heterocycles. The fraction of sp³-hybridized carbons (Fsp3) is 0.312. The number of carbonyl (C=O) groups is 1. The zero-order chi connectivity index (χ0) is 16.4. The molecule has 0 unspecified atom stereocenters. The lowest BCUT2D eigenvalue weighted by Crippen LogP contribution is -2.45. The zero-order valence-corrected chi connectivity index (χ0v) is 12.7. The molecule has 0 spiro atoms. The largest absolute Gasteiger partial charge is 0.370 e. The smallest absolute Gasteiger partial charge is 0.328 e. The van der Waals surface area contributed by atoms with Crippen LogP contribution in [0.4, 0.5) is 0 Å². The summed E-state index contributed by atoms with van der Waals surface area (Å²) in [4.78, 5) is 39.6. The molecule has 2 aromatic rings. The first kappa shape index (κ1) is 15.2. The van der Waals surface area contributed by atoms with E-state index in [0.29, 0.717) is 19.7 Å². The first-order valence-electron chi connectivity index (χ1n) is 7.32. The minimum absolute atomic E-state index is 0.0409. The van der Waals surface area contributed by atoms with Gasteiger partial charge in [-0.2, -0.15) is 0 Å². The van der Waals surface area contributed by atoms with Crippen molar-refractivity contribution in [2.24, 2.45) is 7.05 Å². The predicted octanol–water partition coefficient (Wildman–Crippen LogP) is 0.287. The number of H-pyrrole nitrogens is 1. The van der Waals surface area contributed by atoms with Gasteiger partial charge in [-0.15, -0.1) is 0 Å². The Morgan fingerprint density at radius 1 is 1.26 bits per heavy atom. The minimum Gasteiger partial charge on any atom is -0.370 e. The molecular formula is C16H17N3O4. The monoisotopic (exact) mass is 315 g/mol. The van der Waals surface area contributed by atoms with E-state index in [-0.39, 0.29) is 11.7 Å². The van der Waals surface area contributed by atoms with Crippen molar-refractivity contribution >= 4 is 5.91 Å². The van der Waals surface area contributed by atoms with Gasteiger partial charge in [-0.05, 0) is 5.56 Å². The molecule has 0 saturated carbocycles. The molecule has 0 aliphatic carbocycles. The van der Waals surface area contributed by atoms with E-state index in [1.165, 1.54) is 17.8 Å². The van der Waals surface area contributed by atoms with Gasteiger partial charge in [0.05, 0.1) is 13.2 Å². The fourth-order valence-electron chi connectivity index (χ4n) is 2.59. The molecule has 7 heteroatoms. The van der Waals surface area contributed by atoms with Crippen LogP contribution in [0.5, 0.6) is 0 Å². The molecule has 0 radical (unpaired) electrons. The summed E-state index contributed by atoms with van der Waals surface area (Å²) >= 11 is 0. The summed E-state index contributed by atoms with van der Waals surface area (Å²) in [5.41, 5.74) is -0.267. The Morgan fingerprint density at radius 2 is 2.00 bits per heavy atom. The van der Waals surface area contributed by atoms with Gasteiger partial charge in [-0.1, -0.05) is 30.3 Å². The fourth-order valence-corrected chi connectivity index (χ4v) is 2.59. The quantitative estimate of drug-likeness (QED) is 0.863. The van der Waals surface area contributed by atoms with Crippen LogP contribution in [0.15, 0.2) is 46.1 Å². The van der Waals surface area contributed by atoms with Gasteiger partial charge in [-0.3, -0.25) is 14.6 Å². The van der Waals surface area contributed by atoms with Crippen molar-refractivity contribution < 1.29 is 9.53 Å². The van der Waals surface area contributed by atoms with Crippen molar-refractivity contribution in [3.63, 3.8) is 0 Å². The van der Waals surface area contributed by atoms with Gasteiger partial charge in [-0.25, -0.2) is 4.79 Å². The average molecular weight is 315 g/mol. The van der Waals surface area contributed by atoms with Crippen molar-refractivity contribution in [3.8, 4) is 0 Å². The van der Waals surface area contributed by atoms with E-state index in [2.05, 4.69) is 4.98 Å². The Labute approximate surface area is 132 Å². The number of rotatable bonds is 2. The Balaban J connectivity index is 1.84. The maximum atomic E-state index is 12.6. The first-order chi connectivity index (χ1) is 11.1. The Hall–Kier alpha value is -2.67. The summed E-state index contributed by atoms with van der Waals surface area (Å²) in [6, 6.07) is 9.63. The Morgan fingerprint density at radius 3 is 2.74 bits per heavy atom. The molecule has 3 rings (SSSR count). The van der Waals surface area contributed by atoms with Crippen LogP contribution in [0.3, 0.4) is 0 Å². The highest BCUT2D eigenvalue weighted by Crippen LogP contribution is 2.22. The van der Waals surface area contributed by atoms with E-state index < -0.39 is 17.2 Å². The number of hydrogen-bond acceptors (Lipinski definition) is 4. The number of carbonyl (C=O) groups excluding carboxylic acids is 1. The summed E-state index contributed by atoms with van der Waals surface area (Å²) < 4.78 is 6.90. The SMILES string of the molecule is Cn1cc(C(=O)N2CCO[C@H](c3ccccc3)C2)c(=O)[nH]c1=O. The van der Waals surface area contributed by atoms with Crippen molar-refractivity contribution in [3.05, 3.63) is 68.5 Å². The molecule has 1 atom stereocenters. The first-order valence-corrected chi connectivity index (χ1v) is 7.32. The summed E-state index contributed by atoms with van der Waals surface area (Å²) in [6.45, 7) is 1.17. The maximum absolute atomic E-state index is 12.6. The molecule has 1 aliphatic rings. The van der Waals surface area contributed by atoms with Crippen LogP contribution in [0.25, 0.3) is 0 Å². The van der Waals surface area contributed by atoms with E-state index >= 15 is 0 Å². The van der Waals surface area contributed by atoms with Crippen molar-refractivity contribution in [1.82, 2.24) is 14.5 Å². The molecule has 1 aromatic carbocycles. The van der Waals surface area contributed by atoms with Crippen molar-refractivity contribution in [2.45, 2.75) is 6.10 Å². The number of aromatic nitrogens is 2. The third-order valence-electron chi connectivity index (χ3n) is 3.86. The predicted molar refractivity (Wildman–Crippen MR) is 83.3 cm³/mol. The Bertz CT molecular complexity index is 825. The van der Waals surface area contributed by atoms with Gasteiger partial charge in [0.25, 0.3) is 11.5 Å². The van der Waals surface area contributed by atoms with Gasteiger partial charge in [0, 0.05) is 19.8 Å². The van der Waals surface area contributed by atoms with E-state index in [1.54, 1.807) is 4.90 Å². The normalized spacial score (nSPS) is 18.0. The maximum Gasteiger partial charge on any atom is 0.328 e. The van der Waals surface area contributed by atoms with Crippen molar-refractivity contribution in [2.75, 3.05) is 19.7 Å². The highest BCUT2D eigenvalue weighted by atomic mass is 16.5. The summed E-state index contributed by atoms with van der Waals surface area (Å²) in [5, 5.41) is 0. The summed E-state index contributed by atoms with van der Waals surface area (Å²) in [7, 11) is 1.49. The van der Waals surface area contributed by atoms with Crippen LogP contribution in [0, 0.1) is 0 Å². The van der Waals surface area contributed by atoms with Crippen LogP contribution in [-0.4, -0.2) is 40.1 Å². The summed E-state index contributed by atoms with van der Waals surface area (Å²) in [6.07, 6.45) is 1.05. The second kappa shape index (κ2) is 6.21. The van der Waals surface area contributed by atoms with Gasteiger partial charge in [0.15, 0.2) is 0 Å². The number of nitrogens with zero attached hydrogens (tertiary/aromatic N) is 2. The van der Waals surface area contributed by atoms with Crippen LogP contribution in [0.1, 0.15) is 22.0 Å². The van der Waals surface area contributed by atoms with E-state index in [4.69, 9.17) is 4.74 Å². The van der Waals surface area contributed by atoms with Gasteiger partial charge < -0.3 is 14.2 Å². The second-order valence-corrected chi connectivity index (χ2v) is 5.43. The molecule has 1 fully saturated rings. The zero-order valence-electron chi connectivity index (χ0n) is 12.7. The number of ether oxygens (including phenoxy) is 1. The van der Waals surface area contributed by atoms with Crippen LogP contribution >= 0.6 is 0 Å². The van der Waals surface area contributed by atoms with Gasteiger partial charge in [0.2, 0.25) is 0 Å². The highest BCUT2D eigenvalue weighted by Gasteiger charge is 2.27. The number of aryl methyl sites for hydroxylation is 1. The molecule has 1 aromatic heterocycles. The van der Waals surface area contributed by atoms with E-state index in [1.807, 2.05) is 30.3 Å². The molecule has 120 valence electrons. The number of morpholine rings is 1. The lowest BCUT2D eigenvalue weighted by atomic mass is 10.1. The topological polar surface area (TPSA) is 84.4 Å². The highest BCUT2D eigenvalue weighted by molar-refractivity contribution is 5.93. The average Bonchev–Trinajstić information content (AvgIpc) is 2.58. The standard InChI is InChI=1S/C16H17N3O4/c1-18-9-12(14(20)17-16(18)22)15(21)19-7-8-23-13(10-19)11-5-3-2-4-6-11/h2-6,9,13H,7-8,10H2,1H3,(H,17,20,22)/t13-/m0/s1. The summed E-state index contributed by atoms with van der Waals surface area (Å²) in [5.74, 6) is -0.397. The molecular weight excluding hydrogens is 298 g/mol. The Kier molecular flexibility index (Phi) is 4.12. The third kappa shape index (κ3) is 3.09. The number of aromatic amines is 1. The number of nitrogens with one attached hydrogen (secondary N) is 1. The number of benzene rings is 1. The second-order valence-electron chi connectivity index (χ2n) is 5.43. The molecule has 23 heavy (non-hydrogen) atoms. The van der Waals surface area contributed by atoms with Gasteiger partial charge >= 0.3 is 5.69 Å². The van der Waals surface area contributed by atoms with Gasteiger partial charge in [0.1, 0.15) is 11.7 Å². The number of hydrogen-bond donors (Lipinski definition) is 1. The molecule has 1 amide bonds.